The maximum absolute atomic E-state index is 12.7. The molecule has 0 bridgehead atoms. The SMILES string of the molecule is CC/C=C/C/C=C/C/C=C/C/C=C/C/C=C/CCCC(=O)SCCNC(=O)CCNC(=O)[C@H](O)C(C)(C)COP(=O)(O)OP(=O)(O)OC[C@H]1O[C@@H](n2cnc3c(N)ncnc32)[C@H](O)[C@@H]1OP(=O)(O)O. The highest BCUT2D eigenvalue weighted by atomic mass is 32.2. The molecule has 2 amide bonds. The van der Waals surface area contributed by atoms with Crippen LogP contribution in [0.5, 0.6) is 0 Å². The van der Waals surface area contributed by atoms with Gasteiger partial charge in [0, 0.05) is 37.1 Å². The maximum Gasteiger partial charge on any atom is 0.481 e. The third-order valence-corrected chi connectivity index (χ3v) is 13.7. The first kappa shape index (κ1) is 59.6. The monoisotopic (exact) mass is 1050 g/mol. The number of aliphatic hydroxyl groups is 2. The molecule has 386 valence electrons. The summed E-state index contributed by atoms with van der Waals surface area (Å²) in [5.41, 5.74) is 4.27. The van der Waals surface area contributed by atoms with Gasteiger partial charge in [-0.25, -0.2) is 28.6 Å². The Labute approximate surface area is 404 Å². The zero-order valence-electron chi connectivity index (χ0n) is 38.5. The molecule has 1 saturated heterocycles. The molecule has 10 N–H and O–H groups in total. The second-order valence-electron chi connectivity index (χ2n) is 15.9. The molecular formula is C41H64N7O17P3S. The number of anilines is 1. The van der Waals surface area contributed by atoms with Crippen LogP contribution in [-0.4, -0.2) is 123 Å². The molecule has 7 atom stereocenters. The largest absolute Gasteiger partial charge is 0.481 e. The van der Waals surface area contributed by atoms with Crippen molar-refractivity contribution >= 4 is 69.1 Å². The van der Waals surface area contributed by atoms with Gasteiger partial charge in [0.05, 0.1) is 19.5 Å². The van der Waals surface area contributed by atoms with E-state index >= 15 is 0 Å². The first-order valence-corrected chi connectivity index (χ1v) is 27.4. The van der Waals surface area contributed by atoms with Crippen LogP contribution >= 0.6 is 35.2 Å². The first-order valence-electron chi connectivity index (χ1n) is 21.9. The van der Waals surface area contributed by atoms with Crippen molar-refractivity contribution in [1.82, 2.24) is 30.2 Å². The second-order valence-corrected chi connectivity index (χ2v) is 21.3. The Morgan fingerprint density at radius 1 is 0.884 bits per heavy atom. The number of phosphoric ester groups is 3. The summed E-state index contributed by atoms with van der Waals surface area (Å²) in [4.78, 5) is 88.3. The standard InChI is InChI=1S/C41H64N7O17P3S/c1-4-5-6-7-8-9-10-11-12-13-14-15-16-17-18-19-20-21-32(50)69-25-24-43-31(49)22-23-44-39(53)36(52)41(2,3)27-62-68(59,60)65-67(57,58)61-26-30-35(64-66(54,55)56)34(51)40(63-30)48-29-47-33-37(42)45-28-46-38(33)48/h5-6,8-9,11-12,14-15,17-18,28-30,34-36,40,51-52H,4,7,10,13,16,19-27H2,1-3H3,(H,43,49)(H,44,53)(H,57,58)(H,59,60)(H2,42,45,46)(H2,54,55,56)/b6-5+,9-8+,12-11+,15-14+,18-17+/t30-,34-,35-,36+,40-/m1/s1. The normalized spacial score (nSPS) is 20.4. The van der Waals surface area contributed by atoms with Crippen molar-refractivity contribution in [1.29, 1.82) is 0 Å². The predicted octanol–water partition coefficient (Wildman–Crippen LogP) is 4.59. The number of nitrogens with two attached hydrogens (primary N) is 1. The van der Waals surface area contributed by atoms with Crippen molar-refractivity contribution in [2.24, 2.45) is 5.41 Å². The number of aliphatic hydroxyl groups excluding tert-OH is 2. The van der Waals surface area contributed by atoms with Crippen molar-refractivity contribution in [2.75, 3.05) is 37.8 Å². The lowest BCUT2D eigenvalue weighted by Gasteiger charge is -2.30. The summed E-state index contributed by atoms with van der Waals surface area (Å²) >= 11 is 1.11. The second kappa shape index (κ2) is 29.6. The minimum Gasteiger partial charge on any atom is -0.386 e. The number of carbonyl (C=O) groups excluding carboxylic acids is 3. The van der Waals surface area contributed by atoms with Crippen LogP contribution in [-0.2, 0) is 50.7 Å². The van der Waals surface area contributed by atoms with Gasteiger partial charge in [-0.3, -0.25) is 32.5 Å². The van der Waals surface area contributed by atoms with Crippen molar-refractivity contribution in [3.63, 3.8) is 0 Å². The van der Waals surface area contributed by atoms with Gasteiger partial charge in [-0.15, -0.1) is 0 Å². The van der Waals surface area contributed by atoms with Crippen LogP contribution in [0.3, 0.4) is 0 Å². The maximum atomic E-state index is 12.7. The molecule has 1 fully saturated rings. The zero-order valence-corrected chi connectivity index (χ0v) is 42.0. The number of hydrogen-bond acceptors (Lipinski definition) is 18. The molecule has 28 heteroatoms. The predicted molar refractivity (Wildman–Crippen MR) is 255 cm³/mol. The highest BCUT2D eigenvalue weighted by molar-refractivity contribution is 8.13. The number of ether oxygens (including phenoxy) is 1. The van der Waals surface area contributed by atoms with E-state index in [-0.39, 0.29) is 41.6 Å². The Morgan fingerprint density at radius 3 is 2.12 bits per heavy atom. The summed E-state index contributed by atoms with van der Waals surface area (Å²) in [6.45, 7) is 2.62. The zero-order chi connectivity index (χ0) is 51.1. The lowest BCUT2D eigenvalue weighted by molar-refractivity contribution is -0.137. The summed E-state index contributed by atoms with van der Waals surface area (Å²) in [5.74, 6) is -1.09. The van der Waals surface area contributed by atoms with Crippen molar-refractivity contribution < 1.29 is 80.5 Å². The van der Waals surface area contributed by atoms with Crippen LogP contribution in [0.2, 0.25) is 0 Å². The van der Waals surface area contributed by atoms with Gasteiger partial charge in [0.25, 0.3) is 0 Å². The van der Waals surface area contributed by atoms with E-state index in [0.29, 0.717) is 18.6 Å². The quantitative estimate of drug-likeness (QED) is 0.0275. The van der Waals surface area contributed by atoms with E-state index in [1.165, 1.54) is 13.8 Å². The van der Waals surface area contributed by atoms with Crippen molar-refractivity contribution in [3.8, 4) is 0 Å². The summed E-state index contributed by atoms with van der Waals surface area (Å²) in [6.07, 6.45) is 20.9. The van der Waals surface area contributed by atoms with E-state index in [9.17, 15) is 57.9 Å². The summed E-state index contributed by atoms with van der Waals surface area (Å²) in [5, 5.41) is 26.6. The van der Waals surface area contributed by atoms with Crippen LogP contribution in [0.15, 0.2) is 73.4 Å². The number of nitrogens with zero attached hydrogens (tertiary/aromatic N) is 4. The average molecular weight is 1050 g/mol. The van der Waals surface area contributed by atoms with E-state index in [0.717, 1.165) is 67.5 Å². The number of thioether (sulfide) groups is 1. The fourth-order valence-corrected chi connectivity index (χ4v) is 9.65. The molecule has 0 aliphatic carbocycles. The lowest BCUT2D eigenvalue weighted by Crippen LogP contribution is -2.46. The summed E-state index contributed by atoms with van der Waals surface area (Å²) in [6, 6.07) is 0. The van der Waals surface area contributed by atoms with Gasteiger partial charge in [0.2, 0.25) is 11.8 Å². The average Bonchev–Trinajstić information content (AvgIpc) is 3.84. The number of imidazole rings is 1. The van der Waals surface area contributed by atoms with E-state index in [1.807, 2.05) is 0 Å². The molecule has 1 aliphatic rings. The van der Waals surface area contributed by atoms with Gasteiger partial charge in [-0.2, -0.15) is 4.31 Å². The van der Waals surface area contributed by atoms with Gasteiger partial charge in [-0.1, -0.05) is 93.3 Å². The summed E-state index contributed by atoms with van der Waals surface area (Å²) < 4.78 is 62.4. The molecule has 1 aliphatic heterocycles. The Kier molecular flexibility index (Phi) is 25.5. The molecular weight excluding hydrogens is 987 g/mol. The molecule has 0 radical (unpaired) electrons. The van der Waals surface area contributed by atoms with Crippen molar-refractivity contribution in [3.05, 3.63) is 73.4 Å². The molecule has 24 nitrogen and oxygen atoms in total. The number of nitrogen functional groups attached to an aromatic ring is 1. The number of allylic oxidation sites excluding steroid dienone is 10. The van der Waals surface area contributed by atoms with Gasteiger partial charge in [0.1, 0.15) is 36.3 Å². The molecule has 2 aromatic heterocycles. The van der Waals surface area contributed by atoms with E-state index in [4.69, 9.17) is 19.5 Å². The Morgan fingerprint density at radius 2 is 1.49 bits per heavy atom. The van der Waals surface area contributed by atoms with Crippen molar-refractivity contribution in [2.45, 2.75) is 109 Å². The van der Waals surface area contributed by atoms with Crippen LogP contribution in [0.4, 0.5) is 5.82 Å². The Balaban J connectivity index is 1.31. The number of fused-ring (bicyclic) bond motifs is 1. The number of phosphoric acid groups is 3. The van der Waals surface area contributed by atoms with E-state index < -0.39 is 84.6 Å². The molecule has 0 spiro atoms. The van der Waals surface area contributed by atoms with Crippen LogP contribution in [0, 0.1) is 5.41 Å². The van der Waals surface area contributed by atoms with Gasteiger partial charge >= 0.3 is 23.5 Å². The number of unbranched alkanes of at least 4 members (excludes halogenated alkanes) is 1. The fraction of sp³-hybridized carbons (Fsp3) is 0.561. The van der Waals surface area contributed by atoms with Crippen LogP contribution < -0.4 is 16.4 Å². The molecule has 69 heavy (non-hydrogen) atoms. The topological polar surface area (TPSA) is 364 Å². The first-order chi connectivity index (χ1) is 32.6. The van der Waals surface area contributed by atoms with Gasteiger partial charge in [-0.05, 0) is 44.9 Å². The number of amides is 2. The van der Waals surface area contributed by atoms with Gasteiger partial charge in [0.15, 0.2) is 22.8 Å². The molecule has 0 saturated carbocycles. The smallest absolute Gasteiger partial charge is 0.386 e. The third-order valence-electron chi connectivity index (χ3n) is 9.67. The number of rotatable bonds is 32. The van der Waals surface area contributed by atoms with Crippen LogP contribution in [0.1, 0.15) is 84.8 Å². The number of hydrogen-bond donors (Lipinski definition) is 9. The van der Waals surface area contributed by atoms with Crippen LogP contribution in [0.25, 0.3) is 11.2 Å². The van der Waals surface area contributed by atoms with Gasteiger partial charge < -0.3 is 50.9 Å². The fourth-order valence-electron chi connectivity index (χ4n) is 6.10. The number of carbonyl (C=O) groups is 3. The minimum atomic E-state index is -5.58. The molecule has 3 rings (SSSR count). The molecule has 2 unspecified atom stereocenters. The Bertz CT molecular complexity index is 2270. The highest BCUT2D eigenvalue weighted by Gasteiger charge is 2.50. The molecule has 2 aromatic rings. The van der Waals surface area contributed by atoms with E-state index in [2.05, 4.69) is 102 Å². The van der Waals surface area contributed by atoms with E-state index in [1.54, 1.807) is 0 Å². The minimum absolute atomic E-state index is 0.00790. The third kappa shape index (κ3) is 22.5. The molecule has 3 heterocycles. The highest BCUT2D eigenvalue weighted by Crippen LogP contribution is 2.61. The summed E-state index contributed by atoms with van der Waals surface area (Å²) in [7, 11) is -16.4. The Hall–Kier alpha value is -3.74. The molecule has 0 aromatic carbocycles. The lowest BCUT2D eigenvalue weighted by atomic mass is 9.87. The number of aromatic nitrogens is 4. The number of nitrogens with one attached hydrogen (secondary N) is 2.